The summed E-state index contributed by atoms with van der Waals surface area (Å²) in [5.41, 5.74) is 1.06. The number of hydrogen-bond donors (Lipinski definition) is 1. The third-order valence-electron chi connectivity index (χ3n) is 4.21. The molecule has 1 fully saturated rings. The highest BCUT2D eigenvalue weighted by Gasteiger charge is 2.24. The van der Waals surface area contributed by atoms with Gasteiger partial charge in [0.05, 0.1) is 13.1 Å². The molecule has 7 heteroatoms. The summed E-state index contributed by atoms with van der Waals surface area (Å²) in [5.74, 6) is -0.932. The first kappa shape index (κ1) is 18.5. The second-order valence-corrected chi connectivity index (χ2v) is 6.68. The highest BCUT2D eigenvalue weighted by atomic mass is 35.5. The Morgan fingerprint density at radius 2 is 1.88 bits per heavy atom. The average molecular weight is 354 g/mol. The third-order valence-corrected chi connectivity index (χ3v) is 4.45. The van der Waals surface area contributed by atoms with Crippen molar-refractivity contribution in [2.45, 2.75) is 19.9 Å². The van der Waals surface area contributed by atoms with Crippen LogP contribution in [0.3, 0.4) is 0 Å². The van der Waals surface area contributed by atoms with Crippen LogP contribution >= 0.6 is 11.6 Å². The molecule has 0 spiro atoms. The van der Waals surface area contributed by atoms with E-state index in [1.807, 2.05) is 38.1 Å². The van der Waals surface area contributed by atoms with Gasteiger partial charge in [-0.05, 0) is 32.0 Å². The molecule has 2 rings (SSSR count). The molecule has 6 nitrogen and oxygen atoms in total. The summed E-state index contributed by atoms with van der Waals surface area (Å²) >= 11 is 6.03. The second-order valence-electron chi connectivity index (χ2n) is 6.24. The zero-order valence-corrected chi connectivity index (χ0v) is 14.9. The summed E-state index contributed by atoms with van der Waals surface area (Å²) in [7, 11) is 0. The van der Waals surface area contributed by atoms with Crippen LogP contribution in [-0.2, 0) is 9.59 Å². The number of amides is 1. The molecule has 1 aliphatic heterocycles. The van der Waals surface area contributed by atoms with E-state index in [4.69, 9.17) is 16.7 Å². The molecular weight excluding hydrogens is 330 g/mol. The van der Waals surface area contributed by atoms with E-state index < -0.39 is 5.97 Å². The normalized spacial score (nSPS) is 15.2. The minimum atomic E-state index is -0.915. The van der Waals surface area contributed by atoms with Crippen LogP contribution in [0.4, 0.5) is 5.69 Å². The number of anilines is 1. The van der Waals surface area contributed by atoms with Crippen molar-refractivity contribution in [2.24, 2.45) is 0 Å². The highest BCUT2D eigenvalue weighted by Crippen LogP contribution is 2.20. The number of hydrogen-bond acceptors (Lipinski definition) is 4. The lowest BCUT2D eigenvalue weighted by molar-refractivity contribution is -0.140. The van der Waals surface area contributed by atoms with Gasteiger partial charge in [0, 0.05) is 42.9 Å². The minimum Gasteiger partial charge on any atom is -0.480 e. The maximum atomic E-state index is 12.4. The standard InChI is InChI=1S/C17H24ClN3O3/c1-13(2)21(12-17(23)24)11-16(22)20-8-6-19(7-9-20)15-5-3-4-14(18)10-15/h3-5,10,13H,6-9,11-12H2,1-2H3,(H,23,24). The molecule has 0 unspecified atom stereocenters. The van der Waals surface area contributed by atoms with E-state index >= 15 is 0 Å². The molecule has 0 aromatic heterocycles. The van der Waals surface area contributed by atoms with E-state index in [1.165, 1.54) is 0 Å². The van der Waals surface area contributed by atoms with Gasteiger partial charge in [-0.3, -0.25) is 14.5 Å². The number of carboxylic acid groups (broad SMARTS) is 1. The first-order chi connectivity index (χ1) is 11.4. The molecule has 0 saturated carbocycles. The summed E-state index contributed by atoms with van der Waals surface area (Å²) in [6.07, 6.45) is 0. The number of rotatable bonds is 6. The number of benzene rings is 1. The van der Waals surface area contributed by atoms with Crippen LogP contribution in [0.2, 0.25) is 5.02 Å². The number of nitrogens with zero attached hydrogens (tertiary/aromatic N) is 3. The zero-order valence-electron chi connectivity index (χ0n) is 14.1. The average Bonchev–Trinajstić information content (AvgIpc) is 2.54. The Labute approximate surface area is 147 Å². The van der Waals surface area contributed by atoms with Crippen LogP contribution in [0.25, 0.3) is 0 Å². The predicted octanol–water partition coefficient (Wildman–Crippen LogP) is 1.78. The maximum Gasteiger partial charge on any atom is 0.317 e. The van der Waals surface area contributed by atoms with E-state index in [0.29, 0.717) is 18.1 Å². The van der Waals surface area contributed by atoms with Gasteiger partial charge in [0.25, 0.3) is 0 Å². The van der Waals surface area contributed by atoms with Crippen LogP contribution < -0.4 is 4.90 Å². The predicted molar refractivity (Wildman–Crippen MR) is 94.6 cm³/mol. The number of halogens is 1. The molecule has 132 valence electrons. The SMILES string of the molecule is CC(C)N(CC(=O)O)CC(=O)N1CCN(c2cccc(Cl)c2)CC1. The number of carbonyl (C=O) groups excluding carboxylic acids is 1. The van der Waals surface area contributed by atoms with Crippen LogP contribution in [-0.4, -0.2) is 72.1 Å². The molecule has 1 aromatic rings. The van der Waals surface area contributed by atoms with Gasteiger partial charge in [-0.1, -0.05) is 17.7 Å². The summed E-state index contributed by atoms with van der Waals surface area (Å²) in [5, 5.41) is 9.66. The number of aliphatic carboxylic acids is 1. The van der Waals surface area contributed by atoms with E-state index in [2.05, 4.69) is 4.90 Å². The molecule has 1 amide bonds. The van der Waals surface area contributed by atoms with Crippen LogP contribution in [0.5, 0.6) is 0 Å². The Morgan fingerprint density at radius 3 is 2.42 bits per heavy atom. The first-order valence-corrected chi connectivity index (χ1v) is 8.48. The molecule has 1 aliphatic rings. The molecule has 24 heavy (non-hydrogen) atoms. The Kier molecular flexibility index (Phi) is 6.45. The van der Waals surface area contributed by atoms with Gasteiger partial charge in [-0.2, -0.15) is 0 Å². The van der Waals surface area contributed by atoms with Crippen LogP contribution in [0.15, 0.2) is 24.3 Å². The number of carboxylic acids is 1. The van der Waals surface area contributed by atoms with Crippen LogP contribution in [0, 0.1) is 0 Å². The number of carbonyl (C=O) groups is 2. The summed E-state index contributed by atoms with van der Waals surface area (Å²) in [6.45, 7) is 6.56. The van der Waals surface area contributed by atoms with Crippen molar-refractivity contribution in [2.75, 3.05) is 44.2 Å². The lowest BCUT2D eigenvalue weighted by atomic mass is 10.2. The van der Waals surface area contributed by atoms with Gasteiger partial charge < -0.3 is 14.9 Å². The van der Waals surface area contributed by atoms with Crippen molar-refractivity contribution in [3.05, 3.63) is 29.3 Å². The zero-order chi connectivity index (χ0) is 17.7. The van der Waals surface area contributed by atoms with Gasteiger partial charge in [0.1, 0.15) is 0 Å². The van der Waals surface area contributed by atoms with Gasteiger partial charge in [-0.15, -0.1) is 0 Å². The molecule has 0 bridgehead atoms. The maximum absolute atomic E-state index is 12.4. The largest absolute Gasteiger partial charge is 0.480 e. The Morgan fingerprint density at radius 1 is 1.21 bits per heavy atom. The van der Waals surface area contributed by atoms with Gasteiger partial charge >= 0.3 is 5.97 Å². The highest BCUT2D eigenvalue weighted by molar-refractivity contribution is 6.30. The fourth-order valence-corrected chi connectivity index (χ4v) is 2.94. The van der Waals surface area contributed by atoms with Gasteiger partial charge in [-0.25, -0.2) is 0 Å². The topological polar surface area (TPSA) is 64.1 Å². The van der Waals surface area contributed by atoms with E-state index in [9.17, 15) is 9.59 Å². The van der Waals surface area contributed by atoms with Crippen LogP contribution in [0.1, 0.15) is 13.8 Å². The molecule has 1 N–H and O–H groups in total. The summed E-state index contributed by atoms with van der Waals surface area (Å²) in [6, 6.07) is 7.70. The Hall–Kier alpha value is -1.79. The summed E-state index contributed by atoms with van der Waals surface area (Å²) in [4.78, 5) is 29.0. The lowest BCUT2D eigenvalue weighted by Gasteiger charge is -2.37. The molecule has 1 heterocycles. The monoisotopic (exact) mass is 353 g/mol. The smallest absolute Gasteiger partial charge is 0.317 e. The van der Waals surface area contributed by atoms with Gasteiger partial charge in [0.15, 0.2) is 0 Å². The van der Waals surface area contributed by atoms with Crippen molar-refractivity contribution in [3.8, 4) is 0 Å². The quantitative estimate of drug-likeness (QED) is 0.844. The van der Waals surface area contributed by atoms with Crippen molar-refractivity contribution >= 4 is 29.2 Å². The van der Waals surface area contributed by atoms with Gasteiger partial charge in [0.2, 0.25) is 5.91 Å². The molecule has 0 radical (unpaired) electrons. The molecule has 1 saturated heterocycles. The molecule has 0 atom stereocenters. The third kappa shape index (κ3) is 5.11. The second kappa shape index (κ2) is 8.35. The van der Waals surface area contributed by atoms with E-state index in [-0.39, 0.29) is 25.0 Å². The minimum absolute atomic E-state index is 0.0119. The fourth-order valence-electron chi connectivity index (χ4n) is 2.76. The molecule has 1 aromatic carbocycles. The Balaban J connectivity index is 1.89. The molecular formula is C17H24ClN3O3. The Bertz CT molecular complexity index is 586. The van der Waals surface area contributed by atoms with Crippen molar-refractivity contribution in [1.29, 1.82) is 0 Å². The fraction of sp³-hybridized carbons (Fsp3) is 0.529. The van der Waals surface area contributed by atoms with E-state index in [0.717, 1.165) is 18.8 Å². The lowest BCUT2D eigenvalue weighted by Crippen LogP contribution is -2.52. The van der Waals surface area contributed by atoms with Crippen molar-refractivity contribution < 1.29 is 14.7 Å². The summed E-state index contributed by atoms with van der Waals surface area (Å²) < 4.78 is 0. The molecule has 0 aliphatic carbocycles. The van der Waals surface area contributed by atoms with Crippen molar-refractivity contribution in [3.63, 3.8) is 0 Å². The van der Waals surface area contributed by atoms with Crippen molar-refractivity contribution in [1.82, 2.24) is 9.80 Å². The van der Waals surface area contributed by atoms with E-state index in [1.54, 1.807) is 9.80 Å². The first-order valence-electron chi connectivity index (χ1n) is 8.11. The number of piperazine rings is 1.